The monoisotopic (exact) mass is 313 g/mol. The van der Waals surface area contributed by atoms with Crippen LogP contribution in [0.1, 0.15) is 27.0 Å². The Kier molecular flexibility index (Phi) is 6.32. The SMILES string of the molecule is COCCN(Cc1ccc(C)cc1)Cc1ccccc1C(=O)O. The van der Waals surface area contributed by atoms with Crippen LogP contribution in [-0.2, 0) is 17.8 Å². The fourth-order valence-corrected chi connectivity index (χ4v) is 2.49. The van der Waals surface area contributed by atoms with E-state index in [1.54, 1.807) is 19.2 Å². The fourth-order valence-electron chi connectivity index (χ4n) is 2.49. The maximum atomic E-state index is 11.4. The van der Waals surface area contributed by atoms with Crippen LogP contribution >= 0.6 is 0 Å². The molecule has 4 heteroatoms. The topological polar surface area (TPSA) is 49.8 Å². The van der Waals surface area contributed by atoms with Crippen LogP contribution in [0, 0.1) is 6.92 Å². The molecule has 0 aliphatic heterocycles. The van der Waals surface area contributed by atoms with Gasteiger partial charge in [0.15, 0.2) is 0 Å². The molecule has 1 N–H and O–H groups in total. The molecule has 2 rings (SSSR count). The summed E-state index contributed by atoms with van der Waals surface area (Å²) < 4.78 is 5.19. The van der Waals surface area contributed by atoms with Crippen LogP contribution in [-0.4, -0.2) is 36.2 Å². The van der Waals surface area contributed by atoms with E-state index in [2.05, 4.69) is 36.1 Å². The van der Waals surface area contributed by atoms with Crippen molar-refractivity contribution in [3.63, 3.8) is 0 Å². The Morgan fingerprint density at radius 1 is 1.09 bits per heavy atom. The second-order valence-corrected chi connectivity index (χ2v) is 5.65. The highest BCUT2D eigenvalue weighted by Gasteiger charge is 2.13. The first-order chi connectivity index (χ1) is 11.1. The zero-order chi connectivity index (χ0) is 16.7. The summed E-state index contributed by atoms with van der Waals surface area (Å²) in [5.41, 5.74) is 3.62. The first-order valence-electron chi connectivity index (χ1n) is 7.68. The van der Waals surface area contributed by atoms with Crippen LogP contribution in [0.25, 0.3) is 0 Å². The predicted octanol–water partition coefficient (Wildman–Crippen LogP) is 3.34. The van der Waals surface area contributed by atoms with Gasteiger partial charge in [-0.2, -0.15) is 0 Å². The van der Waals surface area contributed by atoms with E-state index in [0.717, 1.165) is 18.7 Å². The van der Waals surface area contributed by atoms with Gasteiger partial charge in [-0.05, 0) is 24.1 Å². The molecule has 0 fully saturated rings. The summed E-state index contributed by atoms with van der Waals surface area (Å²) in [6.45, 7) is 4.77. The van der Waals surface area contributed by atoms with Crippen LogP contribution in [0.15, 0.2) is 48.5 Å². The summed E-state index contributed by atoms with van der Waals surface area (Å²) in [5.74, 6) is -0.886. The molecule has 0 heterocycles. The summed E-state index contributed by atoms with van der Waals surface area (Å²) in [6.07, 6.45) is 0. The van der Waals surface area contributed by atoms with Crippen LogP contribution < -0.4 is 0 Å². The number of benzene rings is 2. The van der Waals surface area contributed by atoms with Crippen molar-refractivity contribution >= 4 is 5.97 Å². The van der Waals surface area contributed by atoms with Crippen molar-refractivity contribution in [2.75, 3.05) is 20.3 Å². The normalized spacial score (nSPS) is 10.9. The third kappa shape index (κ3) is 5.20. The van der Waals surface area contributed by atoms with Crippen molar-refractivity contribution in [3.05, 3.63) is 70.8 Å². The Morgan fingerprint density at radius 3 is 2.43 bits per heavy atom. The number of ether oxygens (including phenoxy) is 1. The molecule has 0 spiro atoms. The number of aryl methyl sites for hydroxylation is 1. The van der Waals surface area contributed by atoms with Crippen molar-refractivity contribution in [1.82, 2.24) is 4.90 Å². The molecule has 0 aliphatic carbocycles. The number of carbonyl (C=O) groups is 1. The number of aromatic carboxylic acids is 1. The Morgan fingerprint density at radius 2 is 1.78 bits per heavy atom. The average molecular weight is 313 g/mol. The molecule has 122 valence electrons. The maximum Gasteiger partial charge on any atom is 0.336 e. The Labute approximate surface area is 137 Å². The highest BCUT2D eigenvalue weighted by Crippen LogP contribution is 2.15. The van der Waals surface area contributed by atoms with Crippen molar-refractivity contribution in [1.29, 1.82) is 0 Å². The summed E-state index contributed by atoms with van der Waals surface area (Å²) in [6, 6.07) is 15.6. The lowest BCUT2D eigenvalue weighted by atomic mass is 10.1. The minimum Gasteiger partial charge on any atom is -0.478 e. The number of carboxylic acid groups (broad SMARTS) is 1. The van der Waals surface area contributed by atoms with Gasteiger partial charge in [-0.3, -0.25) is 4.90 Å². The standard InChI is InChI=1S/C19H23NO3/c1-15-7-9-16(10-8-15)13-20(11-12-23-2)14-17-5-3-4-6-18(17)19(21)22/h3-10H,11-14H2,1-2H3,(H,21,22). The lowest BCUT2D eigenvalue weighted by Crippen LogP contribution is -2.27. The summed E-state index contributed by atoms with van der Waals surface area (Å²) >= 11 is 0. The minimum absolute atomic E-state index is 0.360. The van der Waals surface area contributed by atoms with Gasteiger partial charge in [0.1, 0.15) is 0 Å². The maximum absolute atomic E-state index is 11.4. The average Bonchev–Trinajstić information content (AvgIpc) is 2.55. The van der Waals surface area contributed by atoms with Gasteiger partial charge in [0.05, 0.1) is 12.2 Å². The third-order valence-electron chi connectivity index (χ3n) is 3.78. The number of hydrogen-bond acceptors (Lipinski definition) is 3. The zero-order valence-electron chi connectivity index (χ0n) is 13.7. The van der Waals surface area contributed by atoms with Crippen molar-refractivity contribution < 1.29 is 14.6 Å². The second kappa shape index (κ2) is 8.46. The molecule has 0 atom stereocenters. The van der Waals surface area contributed by atoms with E-state index in [4.69, 9.17) is 4.74 Å². The molecule has 2 aromatic rings. The first kappa shape index (κ1) is 17.2. The second-order valence-electron chi connectivity index (χ2n) is 5.65. The van der Waals surface area contributed by atoms with Gasteiger partial charge < -0.3 is 9.84 Å². The molecule has 0 unspecified atom stereocenters. The molecule has 4 nitrogen and oxygen atoms in total. The van der Waals surface area contributed by atoms with E-state index in [9.17, 15) is 9.90 Å². The van der Waals surface area contributed by atoms with Crippen molar-refractivity contribution in [2.45, 2.75) is 20.0 Å². The molecular weight excluding hydrogens is 290 g/mol. The van der Waals surface area contributed by atoms with E-state index < -0.39 is 5.97 Å². The number of methoxy groups -OCH3 is 1. The van der Waals surface area contributed by atoms with Crippen LogP contribution in [0.3, 0.4) is 0 Å². The minimum atomic E-state index is -0.886. The molecule has 0 saturated heterocycles. The Bertz CT molecular complexity index is 637. The summed E-state index contributed by atoms with van der Waals surface area (Å²) in [5, 5.41) is 9.33. The lowest BCUT2D eigenvalue weighted by Gasteiger charge is -2.23. The number of carboxylic acids is 1. The highest BCUT2D eigenvalue weighted by molar-refractivity contribution is 5.89. The fraction of sp³-hybridized carbons (Fsp3) is 0.316. The van der Waals surface area contributed by atoms with Gasteiger partial charge in [0, 0.05) is 26.7 Å². The molecule has 0 aliphatic rings. The number of nitrogens with zero attached hydrogens (tertiary/aromatic N) is 1. The van der Waals surface area contributed by atoms with Gasteiger partial charge in [-0.1, -0.05) is 48.0 Å². The van der Waals surface area contributed by atoms with Gasteiger partial charge in [0.2, 0.25) is 0 Å². The van der Waals surface area contributed by atoms with E-state index in [0.29, 0.717) is 18.7 Å². The lowest BCUT2D eigenvalue weighted by molar-refractivity contribution is 0.0693. The number of rotatable bonds is 8. The molecule has 0 radical (unpaired) electrons. The van der Waals surface area contributed by atoms with Gasteiger partial charge in [-0.25, -0.2) is 4.79 Å². The summed E-state index contributed by atoms with van der Waals surface area (Å²) in [7, 11) is 1.68. The zero-order valence-corrected chi connectivity index (χ0v) is 13.7. The van der Waals surface area contributed by atoms with Gasteiger partial charge >= 0.3 is 5.97 Å². The largest absolute Gasteiger partial charge is 0.478 e. The van der Waals surface area contributed by atoms with E-state index in [-0.39, 0.29) is 0 Å². The molecule has 0 saturated carbocycles. The van der Waals surface area contributed by atoms with E-state index >= 15 is 0 Å². The Balaban J connectivity index is 2.15. The van der Waals surface area contributed by atoms with E-state index in [1.165, 1.54) is 11.1 Å². The molecule has 23 heavy (non-hydrogen) atoms. The molecule has 0 bridgehead atoms. The molecule has 0 amide bonds. The predicted molar refractivity (Wildman–Crippen MR) is 90.6 cm³/mol. The number of hydrogen-bond donors (Lipinski definition) is 1. The molecule has 2 aromatic carbocycles. The van der Waals surface area contributed by atoms with Crippen LogP contribution in [0.2, 0.25) is 0 Å². The third-order valence-corrected chi connectivity index (χ3v) is 3.78. The van der Waals surface area contributed by atoms with Crippen molar-refractivity contribution in [3.8, 4) is 0 Å². The smallest absolute Gasteiger partial charge is 0.336 e. The molecular formula is C19H23NO3. The Hall–Kier alpha value is -2.17. The highest BCUT2D eigenvalue weighted by atomic mass is 16.5. The van der Waals surface area contributed by atoms with E-state index in [1.807, 2.05) is 12.1 Å². The quantitative estimate of drug-likeness (QED) is 0.812. The molecule has 0 aromatic heterocycles. The first-order valence-corrected chi connectivity index (χ1v) is 7.68. The van der Waals surface area contributed by atoms with Crippen molar-refractivity contribution in [2.24, 2.45) is 0 Å². The van der Waals surface area contributed by atoms with Gasteiger partial charge in [-0.15, -0.1) is 0 Å². The van der Waals surface area contributed by atoms with Gasteiger partial charge in [0.25, 0.3) is 0 Å². The summed E-state index contributed by atoms with van der Waals surface area (Å²) in [4.78, 5) is 13.6. The van der Waals surface area contributed by atoms with Crippen LogP contribution in [0.4, 0.5) is 0 Å². The van der Waals surface area contributed by atoms with Crippen LogP contribution in [0.5, 0.6) is 0 Å².